The van der Waals surface area contributed by atoms with E-state index in [4.69, 9.17) is 4.74 Å². The number of carbonyl (C=O) groups excluding carboxylic acids is 1. The fraction of sp³-hybridized carbons (Fsp3) is 0.400. The Labute approximate surface area is 111 Å². The second-order valence-electron chi connectivity index (χ2n) is 4.55. The number of anilines is 1. The highest BCUT2D eigenvalue weighted by Gasteiger charge is 2.33. The van der Waals surface area contributed by atoms with Crippen LogP contribution in [0.15, 0.2) is 36.4 Å². The molecular weight excluding hydrogens is 226 g/mol. The maximum Gasteiger partial charge on any atom is 0.211 e. The average molecular weight is 249 g/mol. The van der Waals surface area contributed by atoms with Crippen LogP contribution in [0.1, 0.15) is 34.1 Å². The first-order valence-corrected chi connectivity index (χ1v) is 6.32. The molecule has 0 atom stereocenters. The van der Waals surface area contributed by atoms with Crippen LogP contribution in [-0.2, 0) is 15.1 Å². The summed E-state index contributed by atoms with van der Waals surface area (Å²) in [7, 11) is 1.75. The number of hydrogen-bond donors (Lipinski definition) is 1. The molecule has 0 radical (unpaired) electrons. The minimum absolute atomic E-state index is 0. The van der Waals surface area contributed by atoms with Gasteiger partial charge in [-0.05, 0) is 31.7 Å². The molecule has 0 heterocycles. The zero-order valence-electron chi connectivity index (χ0n) is 10.7. The molecule has 1 aliphatic carbocycles. The molecule has 0 aromatic heterocycles. The molecule has 0 unspecified atom stereocenters. The van der Waals surface area contributed by atoms with E-state index in [1.807, 2.05) is 24.3 Å². The standard InChI is InChI=1S/C15H19NO2.2H2/c1-18-15(10-6-2-3-7-11-15)13-8-4-5-9-14(13)16-12-17;;/h2-5,8-9,12H,6-7,10-11H2,1H3,(H,16,17);2*1H. The number of amides is 1. The van der Waals surface area contributed by atoms with Gasteiger partial charge >= 0.3 is 0 Å². The average Bonchev–Trinajstić information content (AvgIpc) is 2.66. The highest BCUT2D eigenvalue weighted by Crippen LogP contribution is 2.40. The molecule has 0 aliphatic heterocycles. The van der Waals surface area contributed by atoms with Gasteiger partial charge in [-0.25, -0.2) is 0 Å². The van der Waals surface area contributed by atoms with Crippen LogP contribution < -0.4 is 5.32 Å². The molecular formula is C15H23NO2. The molecule has 1 N–H and O–H groups in total. The summed E-state index contributed by atoms with van der Waals surface area (Å²) in [6.07, 6.45) is 9.02. The molecule has 100 valence electrons. The molecule has 3 nitrogen and oxygen atoms in total. The summed E-state index contributed by atoms with van der Waals surface area (Å²) in [5.41, 5.74) is 1.62. The van der Waals surface area contributed by atoms with Crippen molar-refractivity contribution in [1.82, 2.24) is 0 Å². The number of allylic oxidation sites excluding steroid dienone is 2. The summed E-state index contributed by atoms with van der Waals surface area (Å²) >= 11 is 0. The number of rotatable bonds is 4. The van der Waals surface area contributed by atoms with E-state index in [0.717, 1.165) is 43.3 Å². The minimum Gasteiger partial charge on any atom is -0.373 e. The van der Waals surface area contributed by atoms with Gasteiger partial charge in [-0.3, -0.25) is 4.79 Å². The lowest BCUT2D eigenvalue weighted by molar-refractivity contribution is -0.105. The molecule has 18 heavy (non-hydrogen) atoms. The molecule has 1 aromatic carbocycles. The zero-order valence-corrected chi connectivity index (χ0v) is 10.7. The van der Waals surface area contributed by atoms with Crippen molar-refractivity contribution in [3.63, 3.8) is 0 Å². The van der Waals surface area contributed by atoms with Crippen LogP contribution in [0.5, 0.6) is 0 Å². The van der Waals surface area contributed by atoms with E-state index in [1.54, 1.807) is 7.11 Å². The lowest BCUT2D eigenvalue weighted by atomic mass is 9.85. The van der Waals surface area contributed by atoms with Crippen molar-refractivity contribution in [3.8, 4) is 0 Å². The molecule has 0 fully saturated rings. The Morgan fingerprint density at radius 1 is 1.28 bits per heavy atom. The molecule has 3 heteroatoms. The second-order valence-corrected chi connectivity index (χ2v) is 4.55. The van der Waals surface area contributed by atoms with Gasteiger partial charge in [-0.15, -0.1) is 0 Å². The predicted octanol–water partition coefficient (Wildman–Crippen LogP) is 3.72. The molecule has 1 aromatic rings. The van der Waals surface area contributed by atoms with E-state index in [9.17, 15) is 4.79 Å². The van der Waals surface area contributed by atoms with Crippen LogP contribution in [0, 0.1) is 0 Å². The number of methoxy groups -OCH3 is 1. The Morgan fingerprint density at radius 3 is 2.56 bits per heavy atom. The summed E-state index contributed by atoms with van der Waals surface area (Å²) in [4.78, 5) is 10.7. The van der Waals surface area contributed by atoms with E-state index in [-0.39, 0.29) is 8.45 Å². The second kappa shape index (κ2) is 5.83. The molecule has 0 saturated heterocycles. The van der Waals surface area contributed by atoms with E-state index in [2.05, 4.69) is 17.5 Å². The van der Waals surface area contributed by atoms with Crippen LogP contribution in [0.25, 0.3) is 0 Å². The SMILES string of the molecule is COC1(c2ccccc2NC=O)CCC=CCC1.[HH].[HH]. The van der Waals surface area contributed by atoms with Crippen molar-refractivity contribution in [3.05, 3.63) is 42.0 Å². The number of para-hydroxylation sites is 1. The first-order chi connectivity index (χ1) is 8.82. The number of carbonyl (C=O) groups is 1. The maximum atomic E-state index is 10.7. The van der Waals surface area contributed by atoms with Crippen LogP contribution in [0.4, 0.5) is 5.69 Å². The molecule has 1 aliphatic rings. The van der Waals surface area contributed by atoms with Gasteiger partial charge in [0.05, 0.1) is 5.60 Å². The number of hydrogen-bond acceptors (Lipinski definition) is 2. The lowest BCUT2D eigenvalue weighted by Gasteiger charge is -2.33. The van der Waals surface area contributed by atoms with Crippen molar-refractivity contribution in [2.24, 2.45) is 0 Å². The zero-order chi connectivity index (χ0) is 12.8. The van der Waals surface area contributed by atoms with E-state index < -0.39 is 0 Å². The Morgan fingerprint density at radius 2 is 1.94 bits per heavy atom. The third-order valence-electron chi connectivity index (χ3n) is 3.62. The third-order valence-corrected chi connectivity index (χ3v) is 3.62. The monoisotopic (exact) mass is 249 g/mol. The van der Waals surface area contributed by atoms with Crippen molar-refractivity contribution in [1.29, 1.82) is 0 Å². The highest BCUT2D eigenvalue weighted by atomic mass is 16.5. The van der Waals surface area contributed by atoms with Gasteiger partial charge in [0.15, 0.2) is 0 Å². The van der Waals surface area contributed by atoms with Crippen LogP contribution >= 0.6 is 0 Å². The summed E-state index contributed by atoms with van der Waals surface area (Å²) in [6.45, 7) is 0. The lowest BCUT2D eigenvalue weighted by Crippen LogP contribution is -2.29. The minimum atomic E-state index is -0.296. The van der Waals surface area contributed by atoms with E-state index in [1.165, 1.54) is 0 Å². The third kappa shape index (κ3) is 2.46. The smallest absolute Gasteiger partial charge is 0.211 e. The first-order valence-electron chi connectivity index (χ1n) is 6.32. The summed E-state index contributed by atoms with van der Waals surface area (Å²) in [6, 6.07) is 7.88. The van der Waals surface area contributed by atoms with Crippen LogP contribution in [0.2, 0.25) is 0 Å². The molecule has 0 saturated carbocycles. The fourth-order valence-electron chi connectivity index (χ4n) is 2.65. The van der Waals surface area contributed by atoms with Crippen molar-refractivity contribution < 1.29 is 12.4 Å². The van der Waals surface area contributed by atoms with Gasteiger partial charge in [0.1, 0.15) is 0 Å². The van der Waals surface area contributed by atoms with Crippen LogP contribution in [-0.4, -0.2) is 13.5 Å². The molecule has 0 bridgehead atoms. The van der Waals surface area contributed by atoms with Gasteiger partial charge in [0.25, 0.3) is 0 Å². The van der Waals surface area contributed by atoms with Gasteiger partial charge in [-0.1, -0.05) is 30.4 Å². The Balaban J connectivity index is 0.00000180. The number of nitrogens with one attached hydrogen (secondary N) is 1. The first kappa shape index (κ1) is 12.8. The fourth-order valence-corrected chi connectivity index (χ4v) is 2.65. The number of ether oxygens (including phenoxy) is 1. The van der Waals surface area contributed by atoms with Gasteiger partial charge < -0.3 is 10.1 Å². The topological polar surface area (TPSA) is 38.3 Å². The molecule has 2 rings (SSSR count). The van der Waals surface area contributed by atoms with Crippen molar-refractivity contribution in [2.45, 2.75) is 31.3 Å². The van der Waals surface area contributed by atoms with Gasteiger partial charge in [-0.2, -0.15) is 0 Å². The van der Waals surface area contributed by atoms with Gasteiger partial charge in [0, 0.05) is 21.2 Å². The Bertz CT molecular complexity index is 439. The summed E-state index contributed by atoms with van der Waals surface area (Å²) in [5.74, 6) is 0. The highest BCUT2D eigenvalue weighted by molar-refractivity contribution is 5.74. The molecule has 1 amide bonds. The number of benzene rings is 1. The van der Waals surface area contributed by atoms with Crippen LogP contribution in [0.3, 0.4) is 0 Å². The predicted molar refractivity (Wildman–Crippen MR) is 76.7 cm³/mol. The maximum absolute atomic E-state index is 10.7. The summed E-state index contributed by atoms with van der Waals surface area (Å²) in [5, 5.41) is 2.77. The summed E-state index contributed by atoms with van der Waals surface area (Å²) < 4.78 is 5.84. The quantitative estimate of drug-likeness (QED) is 0.652. The Hall–Kier alpha value is -1.61. The van der Waals surface area contributed by atoms with E-state index in [0.29, 0.717) is 0 Å². The molecule has 0 spiro atoms. The Kier molecular flexibility index (Phi) is 4.15. The van der Waals surface area contributed by atoms with Crippen molar-refractivity contribution in [2.75, 3.05) is 12.4 Å². The van der Waals surface area contributed by atoms with Crippen molar-refractivity contribution >= 4 is 12.1 Å². The largest absolute Gasteiger partial charge is 0.373 e. The normalized spacial score (nSPS) is 18.1. The van der Waals surface area contributed by atoms with Gasteiger partial charge in [0.2, 0.25) is 6.41 Å². The van der Waals surface area contributed by atoms with E-state index >= 15 is 0 Å².